The van der Waals surface area contributed by atoms with Crippen LogP contribution in [0.15, 0.2) is 24.4 Å². The minimum atomic E-state index is 0.232. The molecule has 24 heavy (non-hydrogen) atoms. The Kier molecular flexibility index (Phi) is 5.72. The van der Waals surface area contributed by atoms with Gasteiger partial charge >= 0.3 is 0 Å². The van der Waals surface area contributed by atoms with Crippen molar-refractivity contribution in [3.63, 3.8) is 0 Å². The Balaban J connectivity index is 1.43. The number of amides is 1. The summed E-state index contributed by atoms with van der Waals surface area (Å²) in [7, 11) is 0. The second-order valence-electron chi connectivity index (χ2n) is 7.60. The summed E-state index contributed by atoms with van der Waals surface area (Å²) in [6.45, 7) is 9.26. The van der Waals surface area contributed by atoms with Gasteiger partial charge in [0.25, 0.3) is 11.7 Å². The summed E-state index contributed by atoms with van der Waals surface area (Å²) in [4.78, 5) is 19.5. The van der Waals surface area contributed by atoms with Gasteiger partial charge in [0, 0.05) is 12.1 Å². The number of H-pyrrole nitrogens is 1. The zero-order valence-corrected chi connectivity index (χ0v) is 15.1. The van der Waals surface area contributed by atoms with Gasteiger partial charge in [0.05, 0.1) is 6.20 Å². The molecule has 0 radical (unpaired) electrons. The van der Waals surface area contributed by atoms with Gasteiger partial charge in [-0.15, -0.1) is 0 Å². The molecule has 1 saturated carbocycles. The van der Waals surface area contributed by atoms with E-state index in [0.717, 1.165) is 38.5 Å². The first-order valence-corrected chi connectivity index (χ1v) is 9.48. The highest BCUT2D eigenvalue weighted by Crippen LogP contribution is 2.29. The monoisotopic (exact) mass is 332 g/mol. The normalized spacial score (nSPS) is 28.6. The van der Waals surface area contributed by atoms with Crippen molar-refractivity contribution in [2.75, 3.05) is 37.6 Å². The van der Waals surface area contributed by atoms with Crippen LogP contribution in [-0.4, -0.2) is 44.7 Å². The summed E-state index contributed by atoms with van der Waals surface area (Å²) in [5.41, 5.74) is 0. The Morgan fingerprint density at radius 2 is 2.08 bits per heavy atom. The molecule has 1 aromatic heterocycles. The van der Waals surface area contributed by atoms with Crippen LogP contribution in [0.1, 0.15) is 33.1 Å². The molecule has 1 aliphatic carbocycles. The SMILES string of the molecule is C[C@@H]1[C@H](C)CCC[C@H]1NC(=O)C[NH+]1CCN(c2cccc[nH+]2)CC1. The molecule has 0 aromatic carbocycles. The van der Waals surface area contributed by atoms with Gasteiger partial charge in [-0.25, -0.2) is 4.98 Å². The lowest BCUT2D eigenvalue weighted by molar-refractivity contribution is -0.892. The fourth-order valence-corrected chi connectivity index (χ4v) is 4.09. The second kappa shape index (κ2) is 7.97. The first-order valence-electron chi connectivity index (χ1n) is 9.48. The minimum absolute atomic E-state index is 0.232. The molecule has 1 amide bonds. The van der Waals surface area contributed by atoms with Crippen molar-refractivity contribution in [3.8, 4) is 0 Å². The minimum Gasteiger partial charge on any atom is -0.348 e. The molecule has 3 N–H and O–H groups in total. The van der Waals surface area contributed by atoms with E-state index in [4.69, 9.17) is 0 Å². The zero-order chi connectivity index (χ0) is 16.9. The topological polar surface area (TPSA) is 50.9 Å². The van der Waals surface area contributed by atoms with Crippen LogP contribution in [0, 0.1) is 11.8 Å². The largest absolute Gasteiger partial charge is 0.348 e. The maximum Gasteiger partial charge on any atom is 0.275 e. The van der Waals surface area contributed by atoms with Crippen molar-refractivity contribution in [1.82, 2.24) is 5.32 Å². The maximum atomic E-state index is 12.4. The number of quaternary nitrogens is 1. The van der Waals surface area contributed by atoms with Crippen LogP contribution in [0.2, 0.25) is 0 Å². The van der Waals surface area contributed by atoms with Crippen LogP contribution in [0.25, 0.3) is 0 Å². The molecule has 3 rings (SSSR count). The summed E-state index contributed by atoms with van der Waals surface area (Å²) < 4.78 is 0. The predicted molar refractivity (Wildman–Crippen MR) is 94.9 cm³/mol. The van der Waals surface area contributed by atoms with Crippen molar-refractivity contribution in [2.45, 2.75) is 39.2 Å². The number of hydrogen-bond donors (Lipinski definition) is 2. The number of piperazine rings is 1. The Morgan fingerprint density at radius 3 is 2.79 bits per heavy atom. The van der Waals surface area contributed by atoms with Gasteiger partial charge in [-0.05, 0) is 24.3 Å². The Labute approximate surface area is 145 Å². The highest BCUT2D eigenvalue weighted by atomic mass is 16.2. The van der Waals surface area contributed by atoms with Gasteiger partial charge in [0.2, 0.25) is 0 Å². The number of carbonyl (C=O) groups is 1. The van der Waals surface area contributed by atoms with Crippen LogP contribution in [0.3, 0.4) is 0 Å². The first kappa shape index (κ1) is 17.2. The molecular weight excluding hydrogens is 300 g/mol. The number of aromatic amines is 1. The summed E-state index contributed by atoms with van der Waals surface area (Å²) in [5.74, 6) is 2.73. The van der Waals surface area contributed by atoms with E-state index in [0.29, 0.717) is 18.5 Å². The number of nitrogens with one attached hydrogen (secondary N) is 3. The molecule has 132 valence electrons. The summed E-state index contributed by atoms with van der Waals surface area (Å²) >= 11 is 0. The number of carbonyl (C=O) groups excluding carboxylic acids is 1. The highest BCUT2D eigenvalue weighted by molar-refractivity contribution is 5.77. The van der Waals surface area contributed by atoms with E-state index in [2.05, 4.69) is 41.2 Å². The lowest BCUT2D eigenvalue weighted by Crippen LogP contribution is -3.16. The van der Waals surface area contributed by atoms with E-state index >= 15 is 0 Å². The average Bonchev–Trinajstić information content (AvgIpc) is 2.60. The molecule has 2 aliphatic rings. The third-order valence-corrected chi connectivity index (χ3v) is 5.97. The molecule has 5 nitrogen and oxygen atoms in total. The highest BCUT2D eigenvalue weighted by Gasteiger charge is 2.31. The fourth-order valence-electron chi connectivity index (χ4n) is 4.09. The van der Waals surface area contributed by atoms with E-state index in [-0.39, 0.29) is 5.91 Å². The standard InChI is InChI=1S/C19H30N4O/c1-15-6-5-7-17(16(15)2)21-19(24)14-22-10-12-23(13-11-22)18-8-3-4-9-20-18/h3-4,8-9,15-17H,5-7,10-14H2,1-2H3,(H,21,24)/p+2/t15-,16-,17-/m1/s1. The molecule has 2 fully saturated rings. The van der Waals surface area contributed by atoms with E-state index < -0.39 is 0 Å². The lowest BCUT2D eigenvalue weighted by atomic mass is 9.78. The number of hydrogen-bond acceptors (Lipinski definition) is 2. The van der Waals surface area contributed by atoms with Crippen LogP contribution in [-0.2, 0) is 4.79 Å². The maximum absolute atomic E-state index is 12.4. The number of aromatic nitrogens is 1. The van der Waals surface area contributed by atoms with Gasteiger partial charge < -0.3 is 10.2 Å². The smallest absolute Gasteiger partial charge is 0.275 e. The van der Waals surface area contributed by atoms with Crippen molar-refractivity contribution in [3.05, 3.63) is 24.4 Å². The van der Waals surface area contributed by atoms with Crippen molar-refractivity contribution >= 4 is 11.7 Å². The second-order valence-corrected chi connectivity index (χ2v) is 7.60. The summed E-state index contributed by atoms with van der Waals surface area (Å²) in [6.07, 6.45) is 5.66. The zero-order valence-electron chi connectivity index (χ0n) is 15.1. The van der Waals surface area contributed by atoms with Crippen LogP contribution >= 0.6 is 0 Å². The van der Waals surface area contributed by atoms with Gasteiger partial charge in [-0.2, -0.15) is 0 Å². The van der Waals surface area contributed by atoms with Crippen LogP contribution in [0.4, 0.5) is 5.82 Å². The first-order chi connectivity index (χ1) is 11.6. The van der Waals surface area contributed by atoms with Crippen LogP contribution in [0.5, 0.6) is 0 Å². The Morgan fingerprint density at radius 1 is 1.29 bits per heavy atom. The molecule has 0 spiro atoms. The molecule has 1 aromatic rings. The number of anilines is 1. The quantitative estimate of drug-likeness (QED) is 0.824. The summed E-state index contributed by atoms with van der Waals surface area (Å²) in [5, 5.41) is 3.31. The molecule has 3 atom stereocenters. The fraction of sp³-hybridized carbons (Fsp3) is 0.684. The molecule has 0 unspecified atom stereocenters. The molecular formula is C19H32N4O+2. The van der Waals surface area contributed by atoms with E-state index in [1.807, 2.05) is 12.3 Å². The third-order valence-electron chi connectivity index (χ3n) is 5.97. The van der Waals surface area contributed by atoms with E-state index in [1.165, 1.54) is 23.6 Å². The summed E-state index contributed by atoms with van der Waals surface area (Å²) in [6, 6.07) is 6.55. The van der Waals surface area contributed by atoms with Crippen molar-refractivity contribution in [1.29, 1.82) is 0 Å². The average molecular weight is 332 g/mol. The van der Waals surface area contributed by atoms with Crippen molar-refractivity contribution in [2.24, 2.45) is 11.8 Å². The Hall–Kier alpha value is -1.62. The van der Waals surface area contributed by atoms with Gasteiger partial charge in [-0.3, -0.25) is 9.69 Å². The number of nitrogens with zero attached hydrogens (tertiary/aromatic N) is 1. The number of pyridine rings is 1. The van der Waals surface area contributed by atoms with Crippen LogP contribution < -0.4 is 20.1 Å². The van der Waals surface area contributed by atoms with Crippen molar-refractivity contribution < 1.29 is 14.7 Å². The molecule has 1 aliphatic heterocycles. The lowest BCUT2D eigenvalue weighted by Gasteiger charge is -2.35. The molecule has 1 saturated heterocycles. The third kappa shape index (κ3) is 4.26. The number of rotatable bonds is 4. The molecule has 2 heterocycles. The van der Waals surface area contributed by atoms with Gasteiger partial charge in [0.1, 0.15) is 26.2 Å². The van der Waals surface area contributed by atoms with Gasteiger partial charge in [0.15, 0.2) is 6.54 Å². The molecule has 5 heteroatoms. The van der Waals surface area contributed by atoms with Gasteiger partial charge in [-0.1, -0.05) is 32.8 Å². The Bertz CT molecular complexity index is 527. The molecule has 0 bridgehead atoms. The van der Waals surface area contributed by atoms with E-state index in [1.54, 1.807) is 0 Å². The predicted octanol–water partition coefficient (Wildman–Crippen LogP) is 0.147. The van der Waals surface area contributed by atoms with E-state index in [9.17, 15) is 4.79 Å².